The molecule has 2 N–H and O–H groups in total. The fourth-order valence-electron chi connectivity index (χ4n) is 2.62. The van der Waals surface area contributed by atoms with Gasteiger partial charge >= 0.3 is 0 Å². The fourth-order valence-corrected chi connectivity index (χ4v) is 4.29. The van der Waals surface area contributed by atoms with Crippen LogP contribution in [0.1, 0.15) is 22.3 Å². The Balaban J connectivity index is 1.66. The van der Waals surface area contributed by atoms with Gasteiger partial charge in [-0.25, -0.2) is 13.4 Å². The van der Waals surface area contributed by atoms with Crippen LogP contribution in [0.3, 0.4) is 0 Å². The number of nitrogens with zero attached hydrogens (tertiary/aromatic N) is 2. The number of hydrogen-bond acceptors (Lipinski definition) is 6. The van der Waals surface area contributed by atoms with E-state index in [0.29, 0.717) is 29.1 Å². The second-order valence-electron chi connectivity index (χ2n) is 5.79. The lowest BCUT2D eigenvalue weighted by Crippen LogP contribution is -2.21. The maximum atomic E-state index is 12.3. The number of carbonyl (C=O) groups is 1. The number of nitriles is 1. The van der Waals surface area contributed by atoms with Crippen molar-refractivity contribution < 1.29 is 13.2 Å². The number of pyridine rings is 1. The van der Waals surface area contributed by atoms with Gasteiger partial charge in [-0.15, -0.1) is 0 Å². The summed E-state index contributed by atoms with van der Waals surface area (Å²) in [6.45, 7) is 0. The number of rotatable bonds is 4. The smallest absolute Gasteiger partial charge is 0.257 e. The van der Waals surface area contributed by atoms with Crippen molar-refractivity contribution in [2.45, 2.75) is 12.5 Å². The molecule has 1 aliphatic rings. The van der Waals surface area contributed by atoms with E-state index in [9.17, 15) is 13.2 Å². The monoisotopic (exact) mass is 356 g/mol. The summed E-state index contributed by atoms with van der Waals surface area (Å²) in [5.41, 5.74) is 1.16. The lowest BCUT2D eigenvalue weighted by molar-refractivity contribution is 0.102. The molecule has 1 aliphatic heterocycles. The molecule has 1 aromatic carbocycles. The zero-order chi connectivity index (χ0) is 17.9. The van der Waals surface area contributed by atoms with E-state index in [1.54, 1.807) is 36.4 Å². The summed E-state index contributed by atoms with van der Waals surface area (Å²) >= 11 is 0. The van der Waals surface area contributed by atoms with Crippen molar-refractivity contribution in [2.75, 3.05) is 22.1 Å². The van der Waals surface area contributed by atoms with Gasteiger partial charge in [-0.1, -0.05) is 12.1 Å². The second kappa shape index (κ2) is 6.91. The highest BCUT2D eigenvalue weighted by molar-refractivity contribution is 7.91. The predicted octanol–water partition coefficient (Wildman–Crippen LogP) is 1.80. The van der Waals surface area contributed by atoms with Gasteiger partial charge in [0, 0.05) is 12.2 Å². The van der Waals surface area contributed by atoms with Crippen LogP contribution in [-0.4, -0.2) is 36.9 Å². The van der Waals surface area contributed by atoms with Crippen LogP contribution in [0.4, 0.5) is 11.5 Å². The van der Waals surface area contributed by atoms with E-state index in [-0.39, 0.29) is 23.5 Å². The average molecular weight is 356 g/mol. The lowest BCUT2D eigenvalue weighted by Gasteiger charge is -2.12. The summed E-state index contributed by atoms with van der Waals surface area (Å²) in [6.07, 6.45) is 1.97. The first kappa shape index (κ1) is 16.9. The highest BCUT2D eigenvalue weighted by Gasteiger charge is 2.27. The van der Waals surface area contributed by atoms with Crippen LogP contribution in [0.5, 0.6) is 0 Å². The van der Waals surface area contributed by atoms with Gasteiger partial charge in [0.15, 0.2) is 9.84 Å². The molecule has 0 radical (unpaired) electrons. The summed E-state index contributed by atoms with van der Waals surface area (Å²) in [7, 11) is -2.96. The van der Waals surface area contributed by atoms with Gasteiger partial charge in [-0.3, -0.25) is 4.79 Å². The molecule has 1 atom stereocenters. The molecule has 25 heavy (non-hydrogen) atoms. The van der Waals surface area contributed by atoms with Crippen LogP contribution < -0.4 is 10.6 Å². The Kier molecular flexibility index (Phi) is 4.67. The Morgan fingerprint density at radius 2 is 2.04 bits per heavy atom. The molecule has 1 saturated heterocycles. The van der Waals surface area contributed by atoms with Crippen molar-refractivity contribution in [3.05, 3.63) is 53.7 Å². The predicted molar refractivity (Wildman–Crippen MR) is 94.0 cm³/mol. The van der Waals surface area contributed by atoms with Crippen LogP contribution >= 0.6 is 0 Å². The number of carbonyl (C=O) groups excluding carboxylic acids is 1. The van der Waals surface area contributed by atoms with Crippen molar-refractivity contribution in [1.82, 2.24) is 4.98 Å². The number of nitrogens with one attached hydrogen (secondary N) is 2. The number of benzene rings is 1. The van der Waals surface area contributed by atoms with Crippen LogP contribution in [0, 0.1) is 11.3 Å². The van der Waals surface area contributed by atoms with Gasteiger partial charge in [0.2, 0.25) is 0 Å². The maximum Gasteiger partial charge on any atom is 0.257 e. The van der Waals surface area contributed by atoms with E-state index in [2.05, 4.69) is 15.6 Å². The summed E-state index contributed by atoms with van der Waals surface area (Å²) in [4.78, 5) is 16.4. The van der Waals surface area contributed by atoms with Crippen LogP contribution in [0.25, 0.3) is 0 Å². The average Bonchev–Trinajstić information content (AvgIpc) is 2.94. The molecule has 3 rings (SSSR count). The van der Waals surface area contributed by atoms with E-state index in [1.807, 2.05) is 6.07 Å². The molecule has 2 heterocycles. The normalized spacial score (nSPS) is 18.3. The molecule has 0 spiro atoms. The quantitative estimate of drug-likeness (QED) is 0.864. The number of hydrogen-bond donors (Lipinski definition) is 2. The van der Waals surface area contributed by atoms with E-state index >= 15 is 0 Å². The number of aromatic nitrogens is 1. The molecular formula is C17H16N4O3S. The Bertz CT molecular complexity index is 933. The van der Waals surface area contributed by atoms with Gasteiger partial charge in [0.05, 0.1) is 28.3 Å². The Morgan fingerprint density at radius 1 is 1.24 bits per heavy atom. The topological polar surface area (TPSA) is 112 Å². The van der Waals surface area contributed by atoms with Crippen molar-refractivity contribution in [2.24, 2.45) is 0 Å². The third kappa shape index (κ3) is 4.14. The SMILES string of the molecule is N#Cc1ccccc1NC(=O)c1ccc(NC2CCS(=O)(=O)C2)nc1. The lowest BCUT2D eigenvalue weighted by atomic mass is 10.2. The minimum Gasteiger partial charge on any atom is -0.366 e. The van der Waals surface area contributed by atoms with Crippen molar-refractivity contribution >= 4 is 27.2 Å². The molecule has 2 aromatic rings. The summed E-state index contributed by atoms with van der Waals surface area (Å²) in [5, 5.41) is 14.8. The molecule has 1 amide bonds. The van der Waals surface area contributed by atoms with E-state index in [0.717, 1.165) is 0 Å². The maximum absolute atomic E-state index is 12.3. The van der Waals surface area contributed by atoms with Crippen molar-refractivity contribution in [1.29, 1.82) is 5.26 Å². The van der Waals surface area contributed by atoms with Gasteiger partial charge in [0.1, 0.15) is 11.9 Å². The first-order valence-corrected chi connectivity index (χ1v) is 9.52. The fraction of sp³-hybridized carbons (Fsp3) is 0.235. The summed E-state index contributed by atoms with van der Waals surface area (Å²) in [5.74, 6) is 0.437. The Hall–Kier alpha value is -2.92. The largest absolute Gasteiger partial charge is 0.366 e. The third-order valence-electron chi connectivity index (χ3n) is 3.91. The van der Waals surface area contributed by atoms with E-state index in [1.165, 1.54) is 6.20 Å². The number of para-hydroxylation sites is 1. The molecule has 8 heteroatoms. The molecule has 128 valence electrons. The molecule has 1 aromatic heterocycles. The summed E-state index contributed by atoms with van der Waals surface area (Å²) < 4.78 is 22.9. The molecule has 1 fully saturated rings. The van der Waals surface area contributed by atoms with Crippen molar-refractivity contribution in [3.63, 3.8) is 0 Å². The number of amides is 1. The molecular weight excluding hydrogens is 340 g/mol. The minimum atomic E-state index is -2.96. The standard InChI is InChI=1S/C17H16N4O3S/c18-9-12-3-1-2-4-15(12)21-17(22)13-5-6-16(19-10-13)20-14-7-8-25(23,24)11-14/h1-6,10,14H,7-8,11H2,(H,19,20)(H,21,22). The van der Waals surface area contributed by atoms with Gasteiger partial charge in [-0.05, 0) is 30.7 Å². The van der Waals surface area contributed by atoms with Gasteiger partial charge in [-0.2, -0.15) is 5.26 Å². The van der Waals surface area contributed by atoms with Crippen molar-refractivity contribution in [3.8, 4) is 6.07 Å². The molecule has 0 bridgehead atoms. The van der Waals surface area contributed by atoms with Crippen LogP contribution in [-0.2, 0) is 9.84 Å². The zero-order valence-corrected chi connectivity index (χ0v) is 14.1. The number of anilines is 2. The van der Waals surface area contributed by atoms with E-state index < -0.39 is 9.84 Å². The third-order valence-corrected chi connectivity index (χ3v) is 5.67. The van der Waals surface area contributed by atoms with Crippen LogP contribution in [0.15, 0.2) is 42.6 Å². The highest BCUT2D eigenvalue weighted by Crippen LogP contribution is 2.18. The minimum absolute atomic E-state index is 0.0991. The molecule has 7 nitrogen and oxygen atoms in total. The van der Waals surface area contributed by atoms with Crippen LogP contribution in [0.2, 0.25) is 0 Å². The second-order valence-corrected chi connectivity index (χ2v) is 8.02. The molecule has 1 unspecified atom stereocenters. The highest BCUT2D eigenvalue weighted by atomic mass is 32.2. The van der Waals surface area contributed by atoms with E-state index in [4.69, 9.17) is 5.26 Å². The zero-order valence-electron chi connectivity index (χ0n) is 13.3. The van der Waals surface area contributed by atoms with Gasteiger partial charge < -0.3 is 10.6 Å². The summed E-state index contributed by atoms with van der Waals surface area (Å²) in [6, 6.07) is 11.8. The van der Waals surface area contributed by atoms with Gasteiger partial charge in [0.25, 0.3) is 5.91 Å². The first-order valence-electron chi connectivity index (χ1n) is 7.70. The Labute approximate surface area is 145 Å². The number of sulfone groups is 1. The first-order chi connectivity index (χ1) is 12.0. The Morgan fingerprint density at radius 3 is 2.68 bits per heavy atom. The molecule has 0 saturated carbocycles. The molecule has 0 aliphatic carbocycles.